The monoisotopic (exact) mass is 556 g/mol. The summed E-state index contributed by atoms with van der Waals surface area (Å²) in [4.78, 5) is 30.7. The average Bonchev–Trinajstić information content (AvgIpc) is 3.45. The van der Waals surface area contributed by atoms with Crippen molar-refractivity contribution in [3.05, 3.63) is 144 Å². The summed E-state index contributed by atoms with van der Waals surface area (Å²) in [5.41, 5.74) is 1.25. The molecule has 8 nitrogen and oxygen atoms in total. The van der Waals surface area contributed by atoms with Crippen LogP contribution in [0.5, 0.6) is 0 Å². The molecule has 0 fully saturated rings. The van der Waals surface area contributed by atoms with Crippen LogP contribution in [0, 0.1) is 0 Å². The van der Waals surface area contributed by atoms with E-state index < -0.39 is 11.1 Å². The van der Waals surface area contributed by atoms with Gasteiger partial charge >= 0.3 is 23.9 Å². The molecule has 4 aromatic carbocycles. The molecule has 0 aliphatic carbocycles. The number of amides is 2. The molecule has 0 saturated heterocycles. The fourth-order valence-corrected chi connectivity index (χ4v) is 4.86. The second-order valence-electron chi connectivity index (χ2n) is 8.87. The fourth-order valence-electron chi connectivity index (χ4n) is 4.86. The van der Waals surface area contributed by atoms with Gasteiger partial charge in [0.15, 0.2) is 0 Å². The molecule has 2 amide bonds. The molecule has 6 rings (SSSR count). The van der Waals surface area contributed by atoms with Crippen molar-refractivity contribution in [2.75, 3.05) is 0 Å². The average molecular weight is 556 g/mol. The zero-order chi connectivity index (χ0) is 26.6. The predicted molar refractivity (Wildman–Crippen MR) is 143 cm³/mol. The van der Waals surface area contributed by atoms with Crippen LogP contribution in [-0.4, -0.2) is 34.1 Å². The molecule has 0 saturated carbocycles. The molecule has 2 aliphatic rings. The molecule has 0 radical (unpaired) electrons. The SMILES string of the molecule is O=C1NC([OH2+])=[NH+]C1(c1ccccc1)c1ccccc1.O=C1NC([OH2+])=[NH+]C1(c1ccccc1)c1ccccc1.[Ti]. The van der Waals surface area contributed by atoms with Crippen LogP contribution >= 0.6 is 0 Å². The van der Waals surface area contributed by atoms with E-state index in [0.29, 0.717) is 0 Å². The van der Waals surface area contributed by atoms with Crippen molar-refractivity contribution in [3.8, 4) is 0 Å². The molecule has 2 aliphatic heterocycles. The van der Waals surface area contributed by atoms with Gasteiger partial charge < -0.3 is 10.2 Å². The van der Waals surface area contributed by atoms with Gasteiger partial charge in [0, 0.05) is 44.0 Å². The summed E-state index contributed by atoms with van der Waals surface area (Å²) >= 11 is 0. The molecule has 4 aromatic rings. The molecule has 2 heterocycles. The zero-order valence-corrected chi connectivity index (χ0v) is 22.4. The van der Waals surface area contributed by atoms with Crippen LogP contribution in [0.3, 0.4) is 0 Å². The third kappa shape index (κ3) is 5.00. The van der Waals surface area contributed by atoms with Crippen molar-refractivity contribution in [3.63, 3.8) is 0 Å². The molecule has 39 heavy (non-hydrogen) atoms. The van der Waals surface area contributed by atoms with Gasteiger partial charge in [-0.15, -0.1) is 10.6 Å². The smallest absolute Gasteiger partial charge is 0.530 e. The van der Waals surface area contributed by atoms with Crippen molar-refractivity contribution in [2.45, 2.75) is 11.1 Å². The summed E-state index contributed by atoms with van der Waals surface area (Å²) in [6, 6.07) is 37.8. The van der Waals surface area contributed by atoms with Crippen LogP contribution in [0.1, 0.15) is 22.3 Å². The van der Waals surface area contributed by atoms with Crippen molar-refractivity contribution in [1.82, 2.24) is 10.6 Å². The molecule has 0 atom stereocenters. The first-order valence-electron chi connectivity index (χ1n) is 12.1. The van der Waals surface area contributed by atoms with E-state index in [0.717, 1.165) is 22.3 Å². The van der Waals surface area contributed by atoms with E-state index in [-0.39, 0.29) is 45.6 Å². The van der Waals surface area contributed by atoms with Gasteiger partial charge in [-0.2, -0.15) is 9.98 Å². The Balaban J connectivity index is 0.000000176. The van der Waals surface area contributed by atoms with Crippen LogP contribution in [0.25, 0.3) is 0 Å². The maximum Gasteiger partial charge on any atom is 0.593 e. The molecule has 8 N–H and O–H groups in total. The largest absolute Gasteiger partial charge is 0.593 e. The third-order valence-corrected chi connectivity index (χ3v) is 6.61. The Bertz CT molecular complexity index is 1320. The Morgan fingerprint density at radius 3 is 0.872 bits per heavy atom. The van der Waals surface area contributed by atoms with Gasteiger partial charge in [-0.05, 0) is 0 Å². The van der Waals surface area contributed by atoms with Crippen LogP contribution in [0.4, 0.5) is 0 Å². The van der Waals surface area contributed by atoms with E-state index >= 15 is 0 Å². The van der Waals surface area contributed by atoms with Gasteiger partial charge in [0.25, 0.3) is 11.1 Å². The van der Waals surface area contributed by atoms with E-state index in [9.17, 15) is 9.59 Å². The molecule has 0 aromatic heterocycles. The van der Waals surface area contributed by atoms with Crippen molar-refractivity contribution < 1.29 is 51.5 Å². The summed E-state index contributed by atoms with van der Waals surface area (Å²) in [6.07, 6.45) is 0. The van der Waals surface area contributed by atoms with E-state index in [4.69, 9.17) is 10.2 Å². The molecular weight excluding hydrogens is 528 g/mol. The normalized spacial score (nSPS) is 16.4. The molecule has 0 bridgehead atoms. The Hall–Kier alpha value is -4.53. The number of carbonyl (C=O) groups excluding carboxylic acids is 2. The second kappa shape index (κ2) is 11.5. The molecule has 9 heteroatoms. The van der Waals surface area contributed by atoms with Crippen LogP contribution in [0.2, 0.25) is 0 Å². The number of rotatable bonds is 4. The van der Waals surface area contributed by atoms with Crippen LogP contribution in [-0.2, 0) is 42.4 Å². The second-order valence-corrected chi connectivity index (χ2v) is 8.87. The number of nitrogens with one attached hydrogen (secondary N) is 4. The minimum Gasteiger partial charge on any atom is -0.530 e. The van der Waals surface area contributed by atoms with Gasteiger partial charge in [-0.25, -0.2) is 9.59 Å². The molecular formula is C30H28N4O4Ti+4. The zero-order valence-electron chi connectivity index (χ0n) is 20.9. The third-order valence-electron chi connectivity index (χ3n) is 6.61. The maximum atomic E-state index is 12.4. The van der Waals surface area contributed by atoms with Gasteiger partial charge in [-0.3, -0.25) is 0 Å². The quantitative estimate of drug-likeness (QED) is 0.179. The fraction of sp³-hybridized carbons (Fsp3) is 0.0667. The van der Waals surface area contributed by atoms with Gasteiger partial charge in [0.1, 0.15) is 0 Å². The number of benzene rings is 4. The molecule has 0 spiro atoms. The standard InChI is InChI=1S/2C15H12N2O2.Ti/c2*18-13-15(17-14(19)16-13,11-7-3-1-4-8-11)12-9-5-2-6-10-12;/h2*1-10H,(H2,16,17,18,19);/p+4. The Labute approximate surface area is 240 Å². The van der Waals surface area contributed by atoms with E-state index in [2.05, 4.69) is 20.6 Å². The molecule has 192 valence electrons. The number of carbonyl (C=O) groups is 2. The Kier molecular flexibility index (Phi) is 8.09. The first kappa shape index (κ1) is 27.5. The predicted octanol–water partition coefficient (Wildman–Crippen LogP) is -1.56. The minimum absolute atomic E-state index is 0. The first-order valence-corrected chi connectivity index (χ1v) is 12.1. The number of hydrogen-bond acceptors (Lipinski definition) is 2. The Morgan fingerprint density at radius 1 is 0.462 bits per heavy atom. The summed E-state index contributed by atoms with van der Waals surface area (Å²) in [6.45, 7) is 0. The summed E-state index contributed by atoms with van der Waals surface area (Å²) in [7, 11) is 0. The molecule has 0 unspecified atom stereocenters. The number of amidine groups is 2. The summed E-state index contributed by atoms with van der Waals surface area (Å²) < 4.78 is 0. The van der Waals surface area contributed by atoms with E-state index in [1.54, 1.807) is 0 Å². The summed E-state index contributed by atoms with van der Waals surface area (Å²) in [5, 5.41) is 20.5. The maximum absolute atomic E-state index is 12.4. The van der Waals surface area contributed by atoms with Crippen LogP contribution in [0.15, 0.2) is 121 Å². The topological polar surface area (TPSA) is 132 Å². The Morgan fingerprint density at radius 2 is 0.692 bits per heavy atom. The van der Waals surface area contributed by atoms with Crippen molar-refractivity contribution in [2.24, 2.45) is 0 Å². The van der Waals surface area contributed by atoms with Gasteiger partial charge in [-0.1, -0.05) is 121 Å². The van der Waals surface area contributed by atoms with Gasteiger partial charge in [0.2, 0.25) is 0 Å². The number of hydrogen-bond donors (Lipinski definition) is 4. The van der Waals surface area contributed by atoms with E-state index in [1.165, 1.54) is 0 Å². The van der Waals surface area contributed by atoms with E-state index in [1.807, 2.05) is 121 Å². The summed E-state index contributed by atoms with van der Waals surface area (Å²) in [5.74, 6) is -0.454. The van der Waals surface area contributed by atoms with Crippen molar-refractivity contribution in [1.29, 1.82) is 0 Å². The minimum atomic E-state index is -1.01. The first-order chi connectivity index (χ1) is 18.5. The van der Waals surface area contributed by atoms with Crippen molar-refractivity contribution >= 4 is 23.9 Å². The van der Waals surface area contributed by atoms with Crippen LogP contribution < -0.4 is 20.6 Å². The van der Waals surface area contributed by atoms with Gasteiger partial charge in [0.05, 0.1) is 0 Å².